The van der Waals surface area contributed by atoms with Gasteiger partial charge in [-0.15, -0.1) is 0 Å². The first-order chi connectivity index (χ1) is 6.86. The number of hydrogen-bond acceptors (Lipinski definition) is 3. The van der Waals surface area contributed by atoms with Crippen molar-refractivity contribution in [2.24, 2.45) is 0 Å². The summed E-state index contributed by atoms with van der Waals surface area (Å²) in [6.45, 7) is 1.86. The van der Waals surface area contributed by atoms with Crippen molar-refractivity contribution in [2.45, 2.75) is 18.9 Å². The zero-order valence-corrected chi connectivity index (χ0v) is 7.87. The number of halogens is 1. The van der Waals surface area contributed by atoms with Gasteiger partial charge in [0.1, 0.15) is 6.10 Å². The van der Waals surface area contributed by atoms with E-state index in [0.717, 1.165) is 25.9 Å². The Hall–Kier alpha value is -1.16. The molecule has 14 heavy (non-hydrogen) atoms. The third-order valence-corrected chi connectivity index (χ3v) is 2.29. The second kappa shape index (κ2) is 4.37. The van der Waals surface area contributed by atoms with Gasteiger partial charge in [0.25, 0.3) is 5.88 Å². The Morgan fingerprint density at radius 1 is 1.43 bits per heavy atom. The maximum Gasteiger partial charge on any atom is 0.250 e. The SMILES string of the molecule is Fc1cccnc1OC1CCNCC1. The molecule has 1 aromatic rings. The standard InChI is InChI=1S/C10H13FN2O/c11-9-2-1-5-13-10(9)14-8-3-6-12-7-4-8/h1-2,5,8,12H,3-4,6-7H2. The van der Waals surface area contributed by atoms with Crippen LogP contribution in [0.5, 0.6) is 5.88 Å². The molecule has 4 heteroatoms. The van der Waals surface area contributed by atoms with Crippen molar-refractivity contribution in [3.05, 3.63) is 24.1 Å². The van der Waals surface area contributed by atoms with Crippen molar-refractivity contribution in [3.8, 4) is 5.88 Å². The van der Waals surface area contributed by atoms with Gasteiger partial charge in [-0.3, -0.25) is 0 Å². The molecule has 0 radical (unpaired) electrons. The molecule has 0 aromatic carbocycles. The summed E-state index contributed by atoms with van der Waals surface area (Å²) in [6, 6.07) is 2.92. The van der Waals surface area contributed by atoms with E-state index < -0.39 is 0 Å². The predicted octanol–water partition coefficient (Wildman–Crippen LogP) is 1.35. The zero-order valence-electron chi connectivity index (χ0n) is 7.87. The molecule has 2 heterocycles. The van der Waals surface area contributed by atoms with E-state index in [1.165, 1.54) is 6.07 Å². The molecule has 0 atom stereocenters. The summed E-state index contributed by atoms with van der Waals surface area (Å²) in [7, 11) is 0. The third-order valence-electron chi connectivity index (χ3n) is 2.29. The number of nitrogens with zero attached hydrogens (tertiary/aromatic N) is 1. The molecule has 1 aliphatic rings. The highest BCUT2D eigenvalue weighted by atomic mass is 19.1. The quantitative estimate of drug-likeness (QED) is 0.775. The summed E-state index contributed by atoms with van der Waals surface area (Å²) in [6.07, 6.45) is 3.46. The highest BCUT2D eigenvalue weighted by Gasteiger charge is 2.16. The monoisotopic (exact) mass is 196 g/mol. The summed E-state index contributed by atoms with van der Waals surface area (Å²) in [5.41, 5.74) is 0. The number of ether oxygens (including phenoxy) is 1. The number of hydrogen-bond donors (Lipinski definition) is 1. The fourth-order valence-corrected chi connectivity index (χ4v) is 1.53. The Labute approximate surface area is 82.3 Å². The van der Waals surface area contributed by atoms with Crippen LogP contribution in [-0.2, 0) is 0 Å². The molecular formula is C10H13FN2O. The first kappa shape index (κ1) is 9.40. The summed E-state index contributed by atoms with van der Waals surface area (Å²) in [5, 5.41) is 3.22. The van der Waals surface area contributed by atoms with Crippen molar-refractivity contribution >= 4 is 0 Å². The third kappa shape index (κ3) is 2.20. The molecule has 0 unspecified atom stereocenters. The summed E-state index contributed by atoms with van der Waals surface area (Å²) >= 11 is 0. The fraction of sp³-hybridized carbons (Fsp3) is 0.500. The molecule has 0 aliphatic carbocycles. The highest BCUT2D eigenvalue weighted by molar-refractivity contribution is 5.13. The van der Waals surface area contributed by atoms with E-state index in [9.17, 15) is 4.39 Å². The zero-order chi connectivity index (χ0) is 9.80. The van der Waals surface area contributed by atoms with Crippen LogP contribution in [0.4, 0.5) is 4.39 Å². The summed E-state index contributed by atoms with van der Waals surface area (Å²) in [5.74, 6) is -0.259. The predicted molar refractivity (Wildman–Crippen MR) is 50.7 cm³/mol. The highest BCUT2D eigenvalue weighted by Crippen LogP contribution is 2.16. The lowest BCUT2D eigenvalue weighted by atomic mass is 10.1. The first-order valence-electron chi connectivity index (χ1n) is 4.84. The lowest BCUT2D eigenvalue weighted by Gasteiger charge is -2.23. The minimum atomic E-state index is -0.383. The molecule has 76 valence electrons. The fourth-order valence-electron chi connectivity index (χ4n) is 1.53. The Bertz CT molecular complexity index is 300. The molecule has 3 nitrogen and oxygen atoms in total. The average molecular weight is 196 g/mol. The van der Waals surface area contributed by atoms with Crippen LogP contribution in [0.2, 0.25) is 0 Å². The van der Waals surface area contributed by atoms with E-state index in [-0.39, 0.29) is 17.8 Å². The van der Waals surface area contributed by atoms with Crippen molar-refractivity contribution in [3.63, 3.8) is 0 Å². The maximum atomic E-state index is 13.1. The first-order valence-corrected chi connectivity index (χ1v) is 4.84. The molecule has 1 aliphatic heterocycles. The van der Waals surface area contributed by atoms with Gasteiger partial charge in [0.05, 0.1) is 0 Å². The van der Waals surface area contributed by atoms with Gasteiger partial charge >= 0.3 is 0 Å². The van der Waals surface area contributed by atoms with Crippen LogP contribution in [0.3, 0.4) is 0 Å². The lowest BCUT2D eigenvalue weighted by molar-refractivity contribution is 0.149. The van der Waals surface area contributed by atoms with Crippen LogP contribution in [0.15, 0.2) is 18.3 Å². The van der Waals surface area contributed by atoms with Crippen LogP contribution < -0.4 is 10.1 Å². The van der Waals surface area contributed by atoms with Gasteiger partial charge in [0, 0.05) is 6.20 Å². The number of rotatable bonds is 2. The minimum Gasteiger partial charge on any atom is -0.472 e. The normalized spacial score (nSPS) is 18.1. The van der Waals surface area contributed by atoms with E-state index in [2.05, 4.69) is 10.3 Å². The largest absolute Gasteiger partial charge is 0.472 e. The summed E-state index contributed by atoms with van der Waals surface area (Å²) in [4.78, 5) is 3.85. The Morgan fingerprint density at radius 3 is 2.93 bits per heavy atom. The Balaban J connectivity index is 1.99. The van der Waals surface area contributed by atoms with Crippen LogP contribution in [-0.4, -0.2) is 24.2 Å². The van der Waals surface area contributed by atoms with Gasteiger partial charge in [-0.1, -0.05) is 0 Å². The second-order valence-electron chi connectivity index (χ2n) is 3.36. The topological polar surface area (TPSA) is 34.1 Å². The minimum absolute atomic E-state index is 0.0978. The molecule has 1 N–H and O–H groups in total. The van der Waals surface area contributed by atoms with Gasteiger partial charge in [0.15, 0.2) is 5.82 Å². The van der Waals surface area contributed by atoms with Gasteiger partial charge in [-0.05, 0) is 38.1 Å². The van der Waals surface area contributed by atoms with Gasteiger partial charge in [-0.25, -0.2) is 9.37 Å². The van der Waals surface area contributed by atoms with E-state index in [1.54, 1.807) is 12.3 Å². The van der Waals surface area contributed by atoms with Crippen LogP contribution in [0, 0.1) is 5.82 Å². The van der Waals surface area contributed by atoms with Gasteiger partial charge in [-0.2, -0.15) is 0 Å². The molecule has 0 saturated carbocycles. The molecule has 0 bridgehead atoms. The van der Waals surface area contributed by atoms with E-state index in [1.807, 2.05) is 0 Å². The molecule has 0 spiro atoms. The van der Waals surface area contributed by atoms with Crippen molar-refractivity contribution in [2.75, 3.05) is 13.1 Å². The lowest BCUT2D eigenvalue weighted by Crippen LogP contribution is -2.34. The van der Waals surface area contributed by atoms with Crippen molar-refractivity contribution in [1.82, 2.24) is 10.3 Å². The van der Waals surface area contributed by atoms with Crippen LogP contribution in [0.1, 0.15) is 12.8 Å². The van der Waals surface area contributed by atoms with Crippen LogP contribution in [0.25, 0.3) is 0 Å². The van der Waals surface area contributed by atoms with Crippen LogP contribution >= 0.6 is 0 Å². The number of aromatic nitrogens is 1. The van der Waals surface area contributed by atoms with Crippen molar-refractivity contribution in [1.29, 1.82) is 0 Å². The second-order valence-corrected chi connectivity index (χ2v) is 3.36. The number of piperidine rings is 1. The van der Waals surface area contributed by atoms with Crippen molar-refractivity contribution < 1.29 is 9.13 Å². The van der Waals surface area contributed by atoms with E-state index >= 15 is 0 Å². The van der Waals surface area contributed by atoms with E-state index in [4.69, 9.17) is 4.74 Å². The molecule has 1 aromatic heterocycles. The summed E-state index contributed by atoms with van der Waals surface area (Å²) < 4.78 is 18.6. The Kier molecular flexibility index (Phi) is 2.93. The maximum absolute atomic E-state index is 13.1. The molecule has 0 amide bonds. The Morgan fingerprint density at radius 2 is 2.21 bits per heavy atom. The number of pyridine rings is 1. The molecular weight excluding hydrogens is 183 g/mol. The van der Waals surface area contributed by atoms with Gasteiger partial charge in [0.2, 0.25) is 0 Å². The smallest absolute Gasteiger partial charge is 0.250 e. The number of nitrogens with one attached hydrogen (secondary N) is 1. The van der Waals surface area contributed by atoms with Gasteiger partial charge < -0.3 is 10.1 Å². The molecule has 1 fully saturated rings. The molecule has 1 saturated heterocycles. The average Bonchev–Trinajstić information content (AvgIpc) is 2.23. The van der Waals surface area contributed by atoms with E-state index in [0.29, 0.717) is 0 Å². The molecule has 2 rings (SSSR count).